The Hall–Kier alpha value is -2.69. The maximum absolute atomic E-state index is 13.9. The highest BCUT2D eigenvalue weighted by molar-refractivity contribution is 5.56. The molecule has 0 aliphatic heterocycles. The Labute approximate surface area is 126 Å². The third-order valence-electron chi connectivity index (χ3n) is 3.49. The summed E-state index contributed by atoms with van der Waals surface area (Å²) in [6.45, 7) is 0.579. The second-order valence-corrected chi connectivity index (χ2v) is 4.96. The first-order valence-corrected chi connectivity index (χ1v) is 6.88. The first-order valence-electron chi connectivity index (χ1n) is 6.88. The maximum atomic E-state index is 13.9. The first kappa shape index (κ1) is 14.3. The van der Waals surface area contributed by atoms with E-state index < -0.39 is 11.6 Å². The van der Waals surface area contributed by atoms with Gasteiger partial charge in [-0.25, -0.2) is 13.8 Å². The van der Waals surface area contributed by atoms with Crippen LogP contribution in [0.2, 0.25) is 0 Å². The Kier molecular flexibility index (Phi) is 3.87. The molecule has 3 rings (SSSR count). The van der Waals surface area contributed by atoms with Crippen LogP contribution in [0.5, 0.6) is 5.75 Å². The van der Waals surface area contributed by atoms with E-state index in [0.717, 1.165) is 11.6 Å². The molecule has 0 unspecified atom stereocenters. The molecule has 22 heavy (non-hydrogen) atoms. The minimum Gasteiger partial charge on any atom is -0.508 e. The summed E-state index contributed by atoms with van der Waals surface area (Å²) in [6.07, 6.45) is 4.00. The van der Waals surface area contributed by atoms with Crippen LogP contribution in [0.25, 0.3) is 11.4 Å². The Morgan fingerprint density at radius 1 is 1.05 bits per heavy atom. The smallest absolute Gasteiger partial charge is 0.169 e. The number of phenolic OH excluding ortho intramolecular Hbond substituents is 1. The molecule has 0 aliphatic carbocycles. The van der Waals surface area contributed by atoms with Crippen molar-refractivity contribution in [3.05, 3.63) is 72.1 Å². The van der Waals surface area contributed by atoms with Crippen LogP contribution < -0.4 is 0 Å². The number of aromatic hydroxyl groups is 1. The van der Waals surface area contributed by atoms with Crippen molar-refractivity contribution in [3.63, 3.8) is 0 Å². The zero-order valence-electron chi connectivity index (χ0n) is 11.7. The molecule has 1 N–H and O–H groups in total. The molecule has 0 aliphatic rings. The summed E-state index contributed by atoms with van der Waals surface area (Å²) in [4.78, 5) is 4.13. The molecular weight excluding hydrogens is 286 g/mol. The van der Waals surface area contributed by atoms with E-state index in [1.54, 1.807) is 29.1 Å². The van der Waals surface area contributed by atoms with Gasteiger partial charge in [0.05, 0.1) is 5.56 Å². The van der Waals surface area contributed by atoms with Gasteiger partial charge in [-0.3, -0.25) is 0 Å². The average molecular weight is 300 g/mol. The number of hydrogen-bond acceptors (Lipinski definition) is 2. The molecule has 112 valence electrons. The van der Waals surface area contributed by atoms with Crippen molar-refractivity contribution in [1.82, 2.24) is 9.55 Å². The molecule has 1 heterocycles. The second-order valence-electron chi connectivity index (χ2n) is 4.96. The fourth-order valence-electron chi connectivity index (χ4n) is 2.32. The molecule has 0 amide bonds. The zero-order valence-corrected chi connectivity index (χ0v) is 11.7. The number of aromatic nitrogens is 2. The van der Waals surface area contributed by atoms with Gasteiger partial charge < -0.3 is 9.67 Å². The number of hydrogen-bond donors (Lipinski definition) is 1. The Morgan fingerprint density at radius 3 is 2.59 bits per heavy atom. The molecule has 3 nitrogen and oxygen atoms in total. The lowest BCUT2D eigenvalue weighted by molar-refractivity contribution is 0.475. The zero-order chi connectivity index (χ0) is 15.5. The fourth-order valence-corrected chi connectivity index (χ4v) is 2.32. The van der Waals surface area contributed by atoms with Crippen LogP contribution in [0, 0.1) is 11.6 Å². The standard InChI is InChI=1S/C17H14F2N2O/c18-15-3-1-2-14(16(15)19)17-20-9-11-21(17)10-8-12-4-6-13(22)7-5-12/h1-7,9,11,22H,8,10H2. The molecule has 0 bridgehead atoms. The number of rotatable bonds is 4. The molecule has 2 aromatic carbocycles. The number of imidazole rings is 1. The molecular formula is C17H14F2N2O. The largest absolute Gasteiger partial charge is 0.508 e. The van der Waals surface area contributed by atoms with Crippen molar-refractivity contribution in [2.45, 2.75) is 13.0 Å². The molecule has 5 heteroatoms. The van der Waals surface area contributed by atoms with Gasteiger partial charge in [-0.15, -0.1) is 0 Å². The van der Waals surface area contributed by atoms with Crippen molar-refractivity contribution < 1.29 is 13.9 Å². The highest BCUT2D eigenvalue weighted by Crippen LogP contribution is 2.23. The summed E-state index contributed by atoms with van der Waals surface area (Å²) in [5, 5.41) is 9.27. The van der Waals surface area contributed by atoms with E-state index in [4.69, 9.17) is 0 Å². The average Bonchev–Trinajstić information content (AvgIpc) is 2.98. The Morgan fingerprint density at radius 2 is 1.82 bits per heavy atom. The van der Waals surface area contributed by atoms with E-state index in [2.05, 4.69) is 4.98 Å². The van der Waals surface area contributed by atoms with E-state index in [1.165, 1.54) is 12.1 Å². The lowest BCUT2D eigenvalue weighted by Gasteiger charge is -2.09. The van der Waals surface area contributed by atoms with E-state index in [-0.39, 0.29) is 11.3 Å². The summed E-state index contributed by atoms with van der Waals surface area (Å²) in [5.41, 5.74) is 1.19. The van der Waals surface area contributed by atoms with E-state index >= 15 is 0 Å². The number of aryl methyl sites for hydroxylation is 2. The summed E-state index contributed by atoms with van der Waals surface area (Å²) in [7, 11) is 0. The molecule has 0 atom stereocenters. The van der Waals surface area contributed by atoms with Gasteiger partial charge in [-0.1, -0.05) is 18.2 Å². The van der Waals surface area contributed by atoms with Gasteiger partial charge in [0, 0.05) is 18.9 Å². The molecule has 0 saturated heterocycles. The topological polar surface area (TPSA) is 38.0 Å². The molecule has 1 aromatic heterocycles. The van der Waals surface area contributed by atoms with Gasteiger partial charge >= 0.3 is 0 Å². The van der Waals surface area contributed by atoms with E-state index in [1.807, 2.05) is 12.1 Å². The third kappa shape index (κ3) is 2.83. The van der Waals surface area contributed by atoms with Crippen molar-refractivity contribution in [2.75, 3.05) is 0 Å². The van der Waals surface area contributed by atoms with Crippen molar-refractivity contribution in [1.29, 1.82) is 0 Å². The van der Waals surface area contributed by atoms with Crippen LogP contribution in [0.3, 0.4) is 0 Å². The summed E-state index contributed by atoms with van der Waals surface area (Å²) >= 11 is 0. The van der Waals surface area contributed by atoms with E-state index in [0.29, 0.717) is 18.8 Å². The van der Waals surface area contributed by atoms with Crippen LogP contribution in [0.4, 0.5) is 8.78 Å². The van der Waals surface area contributed by atoms with Gasteiger partial charge in [0.2, 0.25) is 0 Å². The van der Waals surface area contributed by atoms with Crippen LogP contribution in [0.1, 0.15) is 5.56 Å². The Balaban J connectivity index is 1.83. The summed E-state index contributed by atoms with van der Waals surface area (Å²) in [5.74, 6) is -1.16. The van der Waals surface area contributed by atoms with Crippen LogP contribution in [-0.4, -0.2) is 14.7 Å². The van der Waals surface area contributed by atoms with Gasteiger partial charge in [0.25, 0.3) is 0 Å². The monoisotopic (exact) mass is 300 g/mol. The SMILES string of the molecule is Oc1ccc(CCn2ccnc2-c2cccc(F)c2F)cc1. The quantitative estimate of drug-likeness (QED) is 0.796. The normalized spacial score (nSPS) is 10.8. The van der Waals surface area contributed by atoms with Gasteiger partial charge in [0.15, 0.2) is 11.6 Å². The van der Waals surface area contributed by atoms with Crippen LogP contribution in [-0.2, 0) is 13.0 Å². The minimum atomic E-state index is -0.889. The van der Waals surface area contributed by atoms with Crippen molar-refractivity contribution in [2.24, 2.45) is 0 Å². The first-order chi connectivity index (χ1) is 10.6. The highest BCUT2D eigenvalue weighted by Gasteiger charge is 2.14. The lowest BCUT2D eigenvalue weighted by Crippen LogP contribution is -2.04. The number of nitrogens with zero attached hydrogens (tertiary/aromatic N) is 2. The van der Waals surface area contributed by atoms with Crippen molar-refractivity contribution in [3.8, 4) is 17.1 Å². The van der Waals surface area contributed by atoms with Crippen LogP contribution in [0.15, 0.2) is 54.9 Å². The Bertz CT molecular complexity index is 782. The van der Waals surface area contributed by atoms with Gasteiger partial charge in [-0.05, 0) is 36.2 Å². The summed E-state index contributed by atoms with van der Waals surface area (Å²) < 4.78 is 29.0. The highest BCUT2D eigenvalue weighted by atomic mass is 19.2. The minimum absolute atomic E-state index is 0.149. The molecule has 0 radical (unpaired) electrons. The third-order valence-corrected chi connectivity index (χ3v) is 3.49. The van der Waals surface area contributed by atoms with E-state index in [9.17, 15) is 13.9 Å². The molecule has 0 saturated carbocycles. The maximum Gasteiger partial charge on any atom is 0.169 e. The number of phenols is 1. The molecule has 0 spiro atoms. The van der Waals surface area contributed by atoms with Gasteiger partial charge in [0.1, 0.15) is 11.6 Å². The summed E-state index contributed by atoms with van der Waals surface area (Å²) in [6, 6.07) is 11.0. The lowest BCUT2D eigenvalue weighted by atomic mass is 10.1. The molecule has 3 aromatic rings. The number of halogens is 2. The van der Waals surface area contributed by atoms with Gasteiger partial charge in [-0.2, -0.15) is 0 Å². The van der Waals surface area contributed by atoms with Crippen LogP contribution >= 0.6 is 0 Å². The predicted octanol–water partition coefficient (Wildman–Crippen LogP) is 3.78. The molecule has 0 fully saturated rings. The number of benzene rings is 2. The second kappa shape index (κ2) is 5.97. The van der Waals surface area contributed by atoms with Crippen molar-refractivity contribution >= 4 is 0 Å². The predicted molar refractivity (Wildman–Crippen MR) is 79.4 cm³/mol. The fraction of sp³-hybridized carbons (Fsp3) is 0.118.